The fourth-order valence-corrected chi connectivity index (χ4v) is 6.86. The Bertz CT molecular complexity index is 1280. The van der Waals surface area contributed by atoms with E-state index in [1.54, 1.807) is 44.2 Å². The Morgan fingerprint density at radius 1 is 1.19 bits per heavy atom. The Labute approximate surface area is 184 Å². The van der Waals surface area contributed by atoms with Gasteiger partial charge >= 0.3 is 12.1 Å². The van der Waals surface area contributed by atoms with Gasteiger partial charge in [0.1, 0.15) is 15.4 Å². The second kappa shape index (κ2) is 7.15. The molecular formula is C20H17F3N2O5S2. The molecule has 1 aliphatic rings. The fraction of sp³-hybridized carbons (Fsp3) is 0.300. The lowest BCUT2D eigenvalue weighted by molar-refractivity contribution is -0.155. The van der Waals surface area contributed by atoms with Gasteiger partial charge in [0, 0.05) is 17.4 Å². The van der Waals surface area contributed by atoms with E-state index in [1.165, 1.54) is 12.1 Å². The molecule has 2 N–H and O–H groups in total. The van der Waals surface area contributed by atoms with Gasteiger partial charge in [-0.15, -0.1) is 11.3 Å². The minimum absolute atomic E-state index is 0.128. The van der Waals surface area contributed by atoms with Crippen LogP contribution in [0.5, 0.6) is 0 Å². The molecule has 3 aromatic rings. The number of carboxylic acid groups (broad SMARTS) is 1. The summed E-state index contributed by atoms with van der Waals surface area (Å²) in [5, 5.41) is 13.3. The molecule has 0 bridgehead atoms. The largest absolute Gasteiger partial charge is 0.480 e. The highest BCUT2D eigenvalue weighted by Crippen LogP contribution is 2.68. The van der Waals surface area contributed by atoms with E-state index >= 15 is 0 Å². The first kappa shape index (κ1) is 22.5. The molecule has 1 aliphatic carbocycles. The number of rotatable bonds is 6. The first-order valence-electron chi connectivity index (χ1n) is 9.27. The molecule has 170 valence electrons. The number of nitrogens with zero attached hydrogens (tertiary/aromatic N) is 1. The van der Waals surface area contributed by atoms with Crippen molar-refractivity contribution in [2.24, 2.45) is 5.41 Å². The highest BCUT2D eigenvalue weighted by atomic mass is 32.2. The summed E-state index contributed by atoms with van der Waals surface area (Å²) >= 11 is 0.661. The zero-order valence-electron chi connectivity index (χ0n) is 16.7. The highest BCUT2D eigenvalue weighted by molar-refractivity contribution is 7.91. The molecule has 1 saturated carbocycles. The Kier molecular flexibility index (Phi) is 5.03. The number of sulfonamides is 1. The van der Waals surface area contributed by atoms with Crippen molar-refractivity contribution in [1.29, 1.82) is 0 Å². The maximum atomic E-state index is 13.1. The number of hydrogen-bond acceptors (Lipinski definition) is 6. The third kappa shape index (κ3) is 3.42. The van der Waals surface area contributed by atoms with Crippen LogP contribution < -0.4 is 4.72 Å². The fourth-order valence-electron chi connectivity index (χ4n) is 4.10. The average Bonchev–Trinajstić information content (AvgIpc) is 3.19. The number of thiophene rings is 1. The predicted octanol–water partition coefficient (Wildman–Crippen LogP) is 4.35. The molecule has 0 saturated heterocycles. The molecule has 0 amide bonds. The number of nitrogens with one attached hydrogen (secondary N) is 1. The summed E-state index contributed by atoms with van der Waals surface area (Å²) < 4.78 is 70.7. The summed E-state index contributed by atoms with van der Waals surface area (Å²) in [7, 11) is -4.31. The molecule has 7 nitrogen and oxygen atoms in total. The van der Waals surface area contributed by atoms with Crippen molar-refractivity contribution >= 4 is 27.3 Å². The van der Waals surface area contributed by atoms with Crippen LogP contribution in [0.2, 0.25) is 0 Å². The second-order valence-corrected chi connectivity index (χ2v) is 11.0. The van der Waals surface area contributed by atoms with E-state index in [4.69, 9.17) is 0 Å². The van der Waals surface area contributed by atoms with Gasteiger partial charge in [-0.2, -0.15) is 17.9 Å². The number of aromatic nitrogens is 1. The van der Waals surface area contributed by atoms with E-state index in [-0.39, 0.29) is 14.8 Å². The first-order chi connectivity index (χ1) is 14.8. The van der Waals surface area contributed by atoms with Gasteiger partial charge in [0.15, 0.2) is 0 Å². The van der Waals surface area contributed by atoms with Crippen LogP contribution in [0.1, 0.15) is 31.1 Å². The number of carbonyl (C=O) groups is 1. The maximum absolute atomic E-state index is 13.1. The number of alkyl halides is 3. The van der Waals surface area contributed by atoms with Crippen molar-refractivity contribution in [2.75, 3.05) is 0 Å². The van der Waals surface area contributed by atoms with Gasteiger partial charge in [0.2, 0.25) is 5.76 Å². The molecule has 0 spiro atoms. The molecular weight excluding hydrogens is 469 g/mol. The molecule has 1 fully saturated rings. The smallest absolute Gasteiger partial charge is 0.452 e. The van der Waals surface area contributed by atoms with E-state index in [1.807, 2.05) is 0 Å². The standard InChI is InChI=1S/C20H17F3N2O5S2/c1-18(2)16(11-6-4-3-5-7-11)19(18,17(26)27)25-32(28,29)15-9-8-13(31-15)12-10-14(30-24-12)20(21,22)23/h3-10,16,25H,1-2H3,(H,26,27)/t16-,19-/m0/s1. The minimum atomic E-state index is -4.73. The second-order valence-electron chi connectivity index (χ2n) is 7.98. The van der Waals surface area contributed by atoms with Crippen molar-refractivity contribution in [3.63, 3.8) is 0 Å². The number of halogens is 3. The van der Waals surface area contributed by atoms with Crippen LogP contribution in [0.25, 0.3) is 10.6 Å². The minimum Gasteiger partial charge on any atom is -0.480 e. The van der Waals surface area contributed by atoms with Crippen molar-refractivity contribution in [2.45, 2.75) is 35.7 Å². The molecule has 2 atom stereocenters. The monoisotopic (exact) mass is 486 g/mol. The van der Waals surface area contributed by atoms with Gasteiger partial charge in [0.25, 0.3) is 10.0 Å². The lowest BCUT2D eigenvalue weighted by atomic mass is 10.0. The SMILES string of the molecule is CC1(C)[C@H](c2ccccc2)[C@]1(NS(=O)(=O)c1ccc(-c2cc(C(F)(F)F)on2)s1)C(=O)O. The van der Waals surface area contributed by atoms with Crippen LogP contribution in [0.4, 0.5) is 13.2 Å². The lowest BCUT2D eigenvalue weighted by Gasteiger charge is -2.17. The van der Waals surface area contributed by atoms with E-state index < -0.39 is 44.8 Å². The van der Waals surface area contributed by atoms with Crippen molar-refractivity contribution in [1.82, 2.24) is 9.88 Å². The topological polar surface area (TPSA) is 110 Å². The molecule has 0 unspecified atom stereocenters. The summed E-state index contributed by atoms with van der Waals surface area (Å²) in [5.74, 6) is -3.24. The normalized spacial score (nSPS) is 22.6. The zero-order valence-corrected chi connectivity index (χ0v) is 18.3. The summed E-state index contributed by atoms with van der Waals surface area (Å²) in [6.45, 7) is 3.32. The van der Waals surface area contributed by atoms with Gasteiger partial charge in [-0.25, -0.2) is 8.42 Å². The van der Waals surface area contributed by atoms with Gasteiger partial charge in [-0.3, -0.25) is 4.79 Å². The summed E-state index contributed by atoms with van der Waals surface area (Å²) in [6.07, 6.45) is -4.73. The summed E-state index contributed by atoms with van der Waals surface area (Å²) in [4.78, 5) is 12.4. The molecule has 32 heavy (non-hydrogen) atoms. The van der Waals surface area contributed by atoms with Crippen LogP contribution >= 0.6 is 11.3 Å². The molecule has 12 heteroatoms. The average molecular weight is 486 g/mol. The zero-order chi connectivity index (χ0) is 23.5. The number of aliphatic carboxylic acids is 1. The number of carboxylic acids is 1. The maximum Gasteiger partial charge on any atom is 0.452 e. The number of hydrogen-bond donors (Lipinski definition) is 2. The van der Waals surface area contributed by atoms with E-state index in [9.17, 15) is 31.5 Å². The first-order valence-corrected chi connectivity index (χ1v) is 11.6. The third-order valence-corrected chi connectivity index (χ3v) is 8.81. The van der Waals surface area contributed by atoms with Gasteiger partial charge in [-0.05, 0) is 17.7 Å². The molecule has 0 radical (unpaired) electrons. The van der Waals surface area contributed by atoms with E-state index in [0.29, 0.717) is 23.0 Å². The summed E-state index contributed by atoms with van der Waals surface area (Å²) in [5.41, 5.74) is -2.21. The summed E-state index contributed by atoms with van der Waals surface area (Å²) in [6, 6.07) is 11.9. The van der Waals surface area contributed by atoms with Crippen LogP contribution in [-0.2, 0) is 21.0 Å². The third-order valence-electron chi connectivity index (χ3n) is 5.74. The Morgan fingerprint density at radius 2 is 1.84 bits per heavy atom. The van der Waals surface area contributed by atoms with Gasteiger partial charge < -0.3 is 9.63 Å². The van der Waals surface area contributed by atoms with E-state index in [0.717, 1.165) is 0 Å². The van der Waals surface area contributed by atoms with Gasteiger partial charge in [0.05, 0.1) is 4.88 Å². The van der Waals surface area contributed by atoms with Crippen molar-refractivity contribution < 1.29 is 36.0 Å². The molecule has 4 rings (SSSR count). The van der Waals surface area contributed by atoms with Crippen LogP contribution in [-0.4, -0.2) is 30.2 Å². The van der Waals surface area contributed by atoms with Crippen LogP contribution in [0, 0.1) is 5.41 Å². The quantitative estimate of drug-likeness (QED) is 0.536. The molecule has 0 aliphatic heterocycles. The van der Waals surface area contributed by atoms with E-state index in [2.05, 4.69) is 14.4 Å². The van der Waals surface area contributed by atoms with Gasteiger partial charge in [-0.1, -0.05) is 49.3 Å². The lowest BCUT2D eigenvalue weighted by Crippen LogP contribution is -2.47. The van der Waals surface area contributed by atoms with Crippen molar-refractivity contribution in [3.8, 4) is 10.6 Å². The Hall–Kier alpha value is -2.70. The predicted molar refractivity (Wildman–Crippen MR) is 108 cm³/mol. The highest BCUT2D eigenvalue weighted by Gasteiger charge is 2.78. The molecule has 2 aromatic heterocycles. The number of benzene rings is 1. The Balaban J connectivity index is 1.66. The Morgan fingerprint density at radius 3 is 2.41 bits per heavy atom. The molecule has 2 heterocycles. The van der Waals surface area contributed by atoms with Crippen LogP contribution in [0.15, 0.2) is 57.3 Å². The molecule has 1 aromatic carbocycles. The van der Waals surface area contributed by atoms with Crippen molar-refractivity contribution in [3.05, 3.63) is 59.9 Å². The van der Waals surface area contributed by atoms with Crippen LogP contribution in [0.3, 0.4) is 0 Å².